The highest BCUT2D eigenvalue weighted by Gasteiger charge is 2.22. The van der Waals surface area contributed by atoms with Gasteiger partial charge in [-0.25, -0.2) is 0 Å². The molecule has 0 aliphatic carbocycles. The molecule has 1 fully saturated rings. The van der Waals surface area contributed by atoms with Gasteiger partial charge in [-0.05, 0) is 24.8 Å². The van der Waals surface area contributed by atoms with E-state index in [0.29, 0.717) is 18.2 Å². The predicted octanol–water partition coefficient (Wildman–Crippen LogP) is 3.08. The number of carbonyl (C=O) groups is 1. The number of benzene rings is 1. The number of amides is 1. The first-order chi connectivity index (χ1) is 11.7. The van der Waals surface area contributed by atoms with E-state index < -0.39 is 0 Å². The van der Waals surface area contributed by atoms with Crippen LogP contribution in [0.2, 0.25) is 0 Å². The molecule has 3 heteroatoms. The fraction of sp³-hybridized carbons (Fsp3) is 0.571. The number of carbonyl (C=O) groups excluding carboxylic acids is 1. The van der Waals surface area contributed by atoms with E-state index in [1.54, 1.807) is 0 Å². The molecule has 1 aromatic rings. The van der Waals surface area contributed by atoms with E-state index in [-0.39, 0.29) is 0 Å². The summed E-state index contributed by atoms with van der Waals surface area (Å²) in [5.41, 5.74) is 2.47. The molecular formula is C21H33N2O+. The van der Waals surface area contributed by atoms with Gasteiger partial charge in [0.25, 0.3) is 0 Å². The van der Waals surface area contributed by atoms with Gasteiger partial charge in [-0.1, -0.05) is 55.3 Å². The summed E-state index contributed by atoms with van der Waals surface area (Å²) in [6.07, 6.45) is 7.44. The minimum absolute atomic E-state index is 0.326. The molecule has 0 unspecified atom stereocenters. The van der Waals surface area contributed by atoms with Crippen molar-refractivity contribution < 1.29 is 10.1 Å². The van der Waals surface area contributed by atoms with Crippen molar-refractivity contribution in [3.63, 3.8) is 0 Å². The molecular weight excluding hydrogens is 296 g/mol. The van der Waals surface area contributed by atoms with Crippen LogP contribution in [0.4, 0.5) is 0 Å². The minimum Gasteiger partial charge on any atom is -0.346 e. The molecule has 0 saturated carbocycles. The van der Waals surface area contributed by atoms with E-state index in [0.717, 1.165) is 25.9 Å². The van der Waals surface area contributed by atoms with Crippen molar-refractivity contribution in [1.82, 2.24) is 4.90 Å². The van der Waals surface area contributed by atoms with Crippen LogP contribution in [-0.4, -0.2) is 37.0 Å². The first-order valence-electron chi connectivity index (χ1n) is 9.50. The maximum absolute atomic E-state index is 12.7. The first kappa shape index (κ1) is 18.7. The molecule has 0 atom stereocenters. The molecule has 1 aromatic carbocycles. The Morgan fingerprint density at radius 1 is 1.25 bits per heavy atom. The van der Waals surface area contributed by atoms with Gasteiger partial charge < -0.3 is 10.2 Å². The molecule has 1 aliphatic rings. The third-order valence-electron chi connectivity index (χ3n) is 4.79. The van der Waals surface area contributed by atoms with Crippen LogP contribution >= 0.6 is 0 Å². The van der Waals surface area contributed by atoms with Gasteiger partial charge in [0.1, 0.15) is 0 Å². The molecule has 2 N–H and O–H groups in total. The Morgan fingerprint density at radius 3 is 2.62 bits per heavy atom. The number of hydrogen-bond acceptors (Lipinski definition) is 1. The fourth-order valence-electron chi connectivity index (χ4n) is 3.41. The summed E-state index contributed by atoms with van der Waals surface area (Å²) in [5, 5.41) is 2.39. The quantitative estimate of drug-likeness (QED) is 0.782. The Labute approximate surface area is 147 Å². The van der Waals surface area contributed by atoms with E-state index >= 15 is 0 Å². The van der Waals surface area contributed by atoms with Gasteiger partial charge in [0, 0.05) is 32.4 Å². The number of nitrogens with two attached hydrogens (primary N) is 1. The van der Waals surface area contributed by atoms with Crippen molar-refractivity contribution >= 4 is 12.0 Å². The SMILES string of the molecule is CCCCC(=O)N(C/C(C)=C/c1ccccc1)CC1CC[NH2+]CC1. The highest BCUT2D eigenvalue weighted by molar-refractivity contribution is 5.76. The Morgan fingerprint density at radius 2 is 1.96 bits per heavy atom. The Hall–Kier alpha value is -1.61. The first-order valence-corrected chi connectivity index (χ1v) is 9.50. The number of hydrogen-bond donors (Lipinski definition) is 1. The van der Waals surface area contributed by atoms with E-state index in [9.17, 15) is 4.79 Å². The molecule has 0 radical (unpaired) electrons. The summed E-state index contributed by atoms with van der Waals surface area (Å²) < 4.78 is 0. The summed E-state index contributed by atoms with van der Waals surface area (Å²) in [7, 11) is 0. The van der Waals surface area contributed by atoms with E-state index in [2.05, 4.69) is 54.4 Å². The van der Waals surface area contributed by atoms with Gasteiger partial charge in [-0.15, -0.1) is 0 Å². The Kier molecular flexibility index (Phi) is 8.03. The minimum atomic E-state index is 0.326. The predicted molar refractivity (Wildman–Crippen MR) is 101 cm³/mol. The average Bonchev–Trinajstić information content (AvgIpc) is 2.61. The van der Waals surface area contributed by atoms with Crippen LogP contribution in [0.15, 0.2) is 35.9 Å². The van der Waals surface area contributed by atoms with Gasteiger partial charge in [0.2, 0.25) is 5.91 Å². The largest absolute Gasteiger partial charge is 0.346 e. The molecule has 2 rings (SSSR count). The highest BCUT2D eigenvalue weighted by Crippen LogP contribution is 2.15. The second-order valence-electron chi connectivity index (χ2n) is 7.09. The number of unbranched alkanes of at least 4 members (excludes halogenated alkanes) is 1. The maximum Gasteiger partial charge on any atom is 0.222 e. The van der Waals surface area contributed by atoms with Crippen LogP contribution < -0.4 is 5.32 Å². The second kappa shape index (κ2) is 10.3. The second-order valence-corrected chi connectivity index (χ2v) is 7.09. The number of piperidine rings is 1. The van der Waals surface area contributed by atoms with Crippen molar-refractivity contribution in [2.45, 2.75) is 46.0 Å². The van der Waals surface area contributed by atoms with E-state index in [1.807, 2.05) is 6.07 Å². The standard InChI is InChI=1S/C21H32N2O/c1-3-4-10-21(24)23(17-20-11-13-22-14-12-20)16-18(2)15-19-8-6-5-7-9-19/h5-9,15,20,22H,3-4,10-14,16-17H2,1-2H3/p+1/b18-15+. The zero-order chi connectivity index (χ0) is 17.2. The molecule has 1 amide bonds. The van der Waals surface area contributed by atoms with Gasteiger partial charge in [-0.2, -0.15) is 0 Å². The van der Waals surface area contributed by atoms with Crippen molar-refractivity contribution in [2.24, 2.45) is 5.92 Å². The van der Waals surface area contributed by atoms with Crippen LogP contribution in [0.3, 0.4) is 0 Å². The third-order valence-corrected chi connectivity index (χ3v) is 4.79. The van der Waals surface area contributed by atoms with Crippen molar-refractivity contribution in [3.8, 4) is 0 Å². The number of quaternary nitrogens is 1. The Balaban J connectivity index is 2.00. The molecule has 1 heterocycles. The van der Waals surface area contributed by atoms with Gasteiger partial charge in [0.15, 0.2) is 0 Å². The topological polar surface area (TPSA) is 36.9 Å². The Bertz CT molecular complexity index is 518. The van der Waals surface area contributed by atoms with Gasteiger partial charge in [-0.3, -0.25) is 4.79 Å². The van der Waals surface area contributed by atoms with Crippen molar-refractivity contribution in [3.05, 3.63) is 41.5 Å². The zero-order valence-corrected chi connectivity index (χ0v) is 15.3. The number of rotatable bonds is 8. The molecule has 0 bridgehead atoms. The third kappa shape index (κ3) is 6.48. The highest BCUT2D eigenvalue weighted by atomic mass is 16.2. The monoisotopic (exact) mass is 329 g/mol. The van der Waals surface area contributed by atoms with Crippen LogP contribution in [0.1, 0.15) is 51.5 Å². The van der Waals surface area contributed by atoms with Crippen LogP contribution in [0, 0.1) is 5.92 Å². The summed E-state index contributed by atoms with van der Waals surface area (Å²) in [6, 6.07) is 10.4. The molecule has 132 valence electrons. The van der Waals surface area contributed by atoms with Crippen molar-refractivity contribution in [1.29, 1.82) is 0 Å². The van der Waals surface area contributed by atoms with Crippen molar-refractivity contribution in [2.75, 3.05) is 26.2 Å². The average molecular weight is 330 g/mol. The molecule has 0 aromatic heterocycles. The normalized spacial score (nSPS) is 16.2. The lowest BCUT2D eigenvalue weighted by molar-refractivity contribution is -0.664. The van der Waals surface area contributed by atoms with E-state index in [4.69, 9.17) is 0 Å². The fourth-order valence-corrected chi connectivity index (χ4v) is 3.41. The van der Waals surface area contributed by atoms with E-state index in [1.165, 1.54) is 37.1 Å². The lowest BCUT2D eigenvalue weighted by Crippen LogP contribution is -2.86. The summed E-state index contributed by atoms with van der Waals surface area (Å²) in [5.74, 6) is 0.998. The molecule has 0 spiro atoms. The van der Waals surface area contributed by atoms with Gasteiger partial charge in [0.05, 0.1) is 13.1 Å². The smallest absolute Gasteiger partial charge is 0.222 e. The molecule has 1 saturated heterocycles. The van der Waals surface area contributed by atoms with Crippen LogP contribution in [0.25, 0.3) is 6.08 Å². The van der Waals surface area contributed by atoms with Gasteiger partial charge >= 0.3 is 0 Å². The molecule has 24 heavy (non-hydrogen) atoms. The van der Waals surface area contributed by atoms with Crippen LogP contribution in [-0.2, 0) is 4.79 Å². The molecule has 1 aliphatic heterocycles. The molecule has 3 nitrogen and oxygen atoms in total. The maximum atomic E-state index is 12.7. The summed E-state index contributed by atoms with van der Waals surface area (Å²) >= 11 is 0. The number of nitrogens with zero attached hydrogens (tertiary/aromatic N) is 1. The lowest BCUT2D eigenvalue weighted by atomic mass is 9.97. The summed E-state index contributed by atoms with van der Waals surface area (Å²) in [4.78, 5) is 14.8. The zero-order valence-electron chi connectivity index (χ0n) is 15.3. The van der Waals surface area contributed by atoms with Crippen LogP contribution in [0.5, 0.6) is 0 Å². The lowest BCUT2D eigenvalue weighted by Gasteiger charge is -2.29. The summed E-state index contributed by atoms with van der Waals surface area (Å²) in [6.45, 7) is 8.39.